The molecule has 1 aromatic heterocycles. The maximum absolute atomic E-state index is 10.8. The molecular weight excluding hydrogens is 240 g/mol. The highest BCUT2D eigenvalue weighted by Crippen LogP contribution is 2.20. The normalized spacial score (nSPS) is 11.4. The van der Waals surface area contributed by atoms with Crippen LogP contribution in [0, 0.1) is 10.1 Å². The first kappa shape index (κ1) is 12.8. The molecule has 0 spiro atoms. The number of aryl methyl sites for hydroxylation is 1. The molecule has 4 heteroatoms. The highest BCUT2D eigenvalue weighted by Gasteiger charge is 2.12. The lowest BCUT2D eigenvalue weighted by molar-refractivity contribution is -0.385. The monoisotopic (exact) mass is 254 g/mol. The van der Waals surface area contributed by atoms with Gasteiger partial charge in [-0.2, -0.15) is 0 Å². The van der Waals surface area contributed by atoms with Crippen LogP contribution in [0.5, 0.6) is 0 Å². The largest absolute Gasteiger partial charge is 0.351 e. The van der Waals surface area contributed by atoms with Gasteiger partial charge in [0.05, 0.1) is 16.7 Å². The molecule has 0 saturated heterocycles. The summed E-state index contributed by atoms with van der Waals surface area (Å²) < 4.78 is 1.68. The van der Waals surface area contributed by atoms with Gasteiger partial charge in [-0.3, -0.25) is 10.1 Å². The first-order valence-electron chi connectivity index (χ1n) is 5.87. The number of rotatable bonds is 4. The lowest BCUT2D eigenvalue weighted by Crippen LogP contribution is -1.86. The Balaban J connectivity index is 2.11. The van der Waals surface area contributed by atoms with Crippen molar-refractivity contribution in [2.75, 3.05) is 0 Å². The molecule has 0 saturated carbocycles. The van der Waals surface area contributed by atoms with Gasteiger partial charge in [-0.15, -0.1) is 0 Å². The molecule has 2 rings (SSSR count). The maximum Gasteiger partial charge on any atom is 0.294 e. The fourth-order valence-corrected chi connectivity index (χ4v) is 1.76. The zero-order chi connectivity index (χ0) is 13.7. The average molecular weight is 254 g/mol. The first-order valence-corrected chi connectivity index (χ1v) is 5.87. The Morgan fingerprint density at radius 2 is 1.79 bits per heavy atom. The van der Waals surface area contributed by atoms with Gasteiger partial charge in [0.25, 0.3) is 5.69 Å². The number of nitrogens with zero attached hydrogens (tertiary/aromatic N) is 2. The smallest absolute Gasteiger partial charge is 0.294 e. The molecular formula is C15H14N2O2. The molecule has 19 heavy (non-hydrogen) atoms. The number of aromatic nitrogens is 1. The molecule has 0 atom stereocenters. The van der Waals surface area contributed by atoms with Crippen LogP contribution in [0.2, 0.25) is 0 Å². The van der Waals surface area contributed by atoms with Gasteiger partial charge in [0, 0.05) is 13.2 Å². The van der Waals surface area contributed by atoms with E-state index in [9.17, 15) is 10.1 Å². The van der Waals surface area contributed by atoms with Gasteiger partial charge in [0.1, 0.15) is 0 Å². The molecule has 0 radical (unpaired) electrons. The van der Waals surface area contributed by atoms with E-state index < -0.39 is 0 Å². The minimum absolute atomic E-state index is 0.117. The van der Waals surface area contributed by atoms with Crippen molar-refractivity contribution in [3.63, 3.8) is 0 Å². The molecule has 1 aromatic carbocycles. The highest BCUT2D eigenvalue weighted by molar-refractivity contribution is 5.63. The second-order valence-electron chi connectivity index (χ2n) is 4.15. The third kappa shape index (κ3) is 3.42. The molecule has 0 amide bonds. The summed E-state index contributed by atoms with van der Waals surface area (Å²) in [5.41, 5.74) is 1.81. The topological polar surface area (TPSA) is 48.1 Å². The van der Waals surface area contributed by atoms with E-state index in [0.717, 1.165) is 5.56 Å². The lowest BCUT2D eigenvalue weighted by atomic mass is 10.2. The van der Waals surface area contributed by atoms with E-state index >= 15 is 0 Å². The molecule has 1 heterocycles. The fourth-order valence-electron chi connectivity index (χ4n) is 1.76. The van der Waals surface area contributed by atoms with Crippen molar-refractivity contribution in [2.24, 2.45) is 7.05 Å². The Kier molecular flexibility index (Phi) is 3.93. The molecule has 2 aromatic rings. The van der Waals surface area contributed by atoms with Gasteiger partial charge in [-0.05, 0) is 11.6 Å². The quantitative estimate of drug-likeness (QED) is 0.475. The van der Waals surface area contributed by atoms with E-state index in [-0.39, 0.29) is 10.6 Å². The second-order valence-corrected chi connectivity index (χ2v) is 4.15. The molecule has 0 fully saturated rings. The van der Waals surface area contributed by atoms with Crippen LogP contribution < -0.4 is 0 Å². The summed E-state index contributed by atoms with van der Waals surface area (Å²) >= 11 is 0. The van der Waals surface area contributed by atoms with Crippen molar-refractivity contribution >= 4 is 17.8 Å². The van der Waals surface area contributed by atoms with Gasteiger partial charge in [-0.25, -0.2) is 0 Å². The maximum atomic E-state index is 10.8. The molecule has 96 valence electrons. The minimum atomic E-state index is -0.374. The number of hydrogen-bond acceptors (Lipinski definition) is 2. The number of benzene rings is 1. The molecule has 0 aliphatic rings. The van der Waals surface area contributed by atoms with Crippen LogP contribution in [0.4, 0.5) is 5.69 Å². The third-order valence-electron chi connectivity index (χ3n) is 2.64. The van der Waals surface area contributed by atoms with Crippen molar-refractivity contribution in [1.29, 1.82) is 0 Å². The molecule has 0 N–H and O–H groups in total. The summed E-state index contributed by atoms with van der Waals surface area (Å²) in [6, 6.07) is 9.88. The molecule has 0 aliphatic heterocycles. The van der Waals surface area contributed by atoms with Crippen LogP contribution in [-0.2, 0) is 7.05 Å². The van der Waals surface area contributed by atoms with Crippen LogP contribution >= 0.6 is 0 Å². The van der Waals surface area contributed by atoms with E-state index in [1.165, 1.54) is 6.20 Å². The third-order valence-corrected chi connectivity index (χ3v) is 2.64. The van der Waals surface area contributed by atoms with Crippen LogP contribution in [0.25, 0.3) is 12.2 Å². The predicted octanol–water partition coefficient (Wildman–Crippen LogP) is 3.66. The molecule has 0 bridgehead atoms. The Labute approximate surface area is 111 Å². The zero-order valence-corrected chi connectivity index (χ0v) is 10.6. The Morgan fingerprint density at radius 3 is 2.47 bits per heavy atom. The van der Waals surface area contributed by atoms with Crippen molar-refractivity contribution in [3.8, 4) is 0 Å². The molecule has 0 aliphatic carbocycles. The minimum Gasteiger partial charge on any atom is -0.351 e. The number of nitro groups is 1. The van der Waals surface area contributed by atoms with E-state index in [1.807, 2.05) is 42.5 Å². The van der Waals surface area contributed by atoms with Gasteiger partial charge >= 0.3 is 0 Å². The molecule has 0 unspecified atom stereocenters. The number of allylic oxidation sites excluding steroid dienone is 2. The Bertz CT molecular complexity index is 625. The van der Waals surface area contributed by atoms with E-state index in [4.69, 9.17) is 0 Å². The highest BCUT2D eigenvalue weighted by atomic mass is 16.6. The van der Waals surface area contributed by atoms with Crippen LogP contribution in [0.15, 0.2) is 54.9 Å². The van der Waals surface area contributed by atoms with E-state index in [2.05, 4.69) is 0 Å². The van der Waals surface area contributed by atoms with Gasteiger partial charge in [0.15, 0.2) is 0 Å². The lowest BCUT2D eigenvalue weighted by Gasteiger charge is -1.89. The van der Waals surface area contributed by atoms with Crippen LogP contribution in [-0.4, -0.2) is 9.49 Å². The summed E-state index contributed by atoms with van der Waals surface area (Å²) in [5.74, 6) is 0. The standard InChI is InChI=1S/C15H14N2O2/c1-16-11-14(15(12-16)17(18)19)10-6-5-9-13-7-3-2-4-8-13/h2-12H,1H3/b9-5+,10-6+. The van der Waals surface area contributed by atoms with Gasteiger partial charge in [0.2, 0.25) is 0 Å². The van der Waals surface area contributed by atoms with E-state index in [1.54, 1.807) is 30.0 Å². The molecule has 4 nitrogen and oxygen atoms in total. The Hall–Kier alpha value is -2.62. The van der Waals surface area contributed by atoms with Gasteiger partial charge < -0.3 is 4.57 Å². The number of hydrogen-bond donors (Lipinski definition) is 0. The predicted molar refractivity (Wildman–Crippen MR) is 76.6 cm³/mol. The summed E-state index contributed by atoms with van der Waals surface area (Å²) in [7, 11) is 1.77. The van der Waals surface area contributed by atoms with Crippen molar-refractivity contribution in [2.45, 2.75) is 0 Å². The summed E-state index contributed by atoms with van der Waals surface area (Å²) in [5, 5.41) is 10.8. The summed E-state index contributed by atoms with van der Waals surface area (Å²) in [6.45, 7) is 0. The van der Waals surface area contributed by atoms with Crippen LogP contribution in [0.3, 0.4) is 0 Å². The van der Waals surface area contributed by atoms with Crippen molar-refractivity contribution < 1.29 is 4.92 Å². The zero-order valence-electron chi connectivity index (χ0n) is 10.6. The van der Waals surface area contributed by atoms with Gasteiger partial charge in [-0.1, -0.05) is 48.6 Å². The van der Waals surface area contributed by atoms with Crippen molar-refractivity contribution in [1.82, 2.24) is 4.57 Å². The van der Waals surface area contributed by atoms with Crippen molar-refractivity contribution in [3.05, 3.63) is 76.1 Å². The first-order chi connectivity index (χ1) is 9.16. The summed E-state index contributed by atoms with van der Waals surface area (Å²) in [6.07, 6.45) is 10.6. The Morgan fingerprint density at radius 1 is 1.11 bits per heavy atom. The van der Waals surface area contributed by atoms with Crippen LogP contribution in [0.1, 0.15) is 11.1 Å². The average Bonchev–Trinajstić information content (AvgIpc) is 2.77. The fraction of sp³-hybridized carbons (Fsp3) is 0.0667. The van der Waals surface area contributed by atoms with E-state index in [0.29, 0.717) is 5.56 Å². The SMILES string of the molecule is Cn1cc(/C=C/C=C/c2ccccc2)c([N+](=O)[O-])c1. The second kappa shape index (κ2) is 5.82. The summed E-state index contributed by atoms with van der Waals surface area (Å²) in [4.78, 5) is 10.5.